The van der Waals surface area contributed by atoms with Crippen LogP contribution in [0.3, 0.4) is 0 Å². The van der Waals surface area contributed by atoms with Crippen LogP contribution in [-0.4, -0.2) is 42.4 Å². The maximum Gasteiger partial charge on any atom is 0.239 e. The van der Waals surface area contributed by atoms with Gasteiger partial charge in [-0.2, -0.15) is 5.26 Å². The third-order valence-electron chi connectivity index (χ3n) is 2.67. The van der Waals surface area contributed by atoms with E-state index in [-0.39, 0.29) is 30.9 Å². The normalized spacial score (nSPS) is 10.5. The molecule has 0 bridgehead atoms. The minimum Gasteiger partial charge on any atom is -0.353 e. The van der Waals surface area contributed by atoms with Gasteiger partial charge in [-0.1, -0.05) is 6.92 Å². The average molecular weight is 308 g/mol. The molecule has 1 rings (SSSR count). The van der Waals surface area contributed by atoms with Crippen molar-refractivity contribution in [2.45, 2.75) is 26.8 Å². The molecule has 114 valence electrons. The number of nitrogens with zero attached hydrogens (tertiary/aromatic N) is 2. The number of hydrogen-bond donors (Lipinski definition) is 2. The number of anilines is 1. The van der Waals surface area contributed by atoms with Crippen molar-refractivity contribution in [2.24, 2.45) is 0 Å². The number of hydrogen-bond acceptors (Lipinski definition) is 5. The molecule has 7 heteroatoms. The van der Waals surface area contributed by atoms with E-state index in [4.69, 9.17) is 5.26 Å². The van der Waals surface area contributed by atoms with E-state index in [0.29, 0.717) is 17.1 Å². The zero-order valence-electron chi connectivity index (χ0n) is 12.5. The van der Waals surface area contributed by atoms with Gasteiger partial charge in [-0.3, -0.25) is 14.5 Å². The monoisotopic (exact) mass is 308 g/mol. The Bertz CT molecular complexity index is 533. The molecule has 0 atom stereocenters. The van der Waals surface area contributed by atoms with Gasteiger partial charge in [0, 0.05) is 6.04 Å². The highest BCUT2D eigenvalue weighted by atomic mass is 32.1. The molecule has 0 saturated heterocycles. The second-order valence-corrected chi connectivity index (χ2v) is 5.76. The lowest BCUT2D eigenvalue weighted by Gasteiger charge is -2.20. The van der Waals surface area contributed by atoms with Crippen molar-refractivity contribution in [1.82, 2.24) is 10.2 Å². The van der Waals surface area contributed by atoms with Gasteiger partial charge in [-0.05, 0) is 31.8 Å². The molecule has 0 spiro atoms. The van der Waals surface area contributed by atoms with Gasteiger partial charge in [-0.25, -0.2) is 0 Å². The zero-order chi connectivity index (χ0) is 15.8. The summed E-state index contributed by atoms with van der Waals surface area (Å²) in [6, 6.07) is 3.76. The van der Waals surface area contributed by atoms with Crippen LogP contribution in [0, 0.1) is 11.3 Å². The molecular weight excluding hydrogens is 288 g/mol. The third-order valence-corrected chi connectivity index (χ3v) is 3.50. The molecular formula is C14H20N4O2S. The molecule has 2 N–H and O–H groups in total. The van der Waals surface area contributed by atoms with Gasteiger partial charge in [0.15, 0.2) is 0 Å². The zero-order valence-corrected chi connectivity index (χ0v) is 13.3. The summed E-state index contributed by atoms with van der Waals surface area (Å²) in [4.78, 5) is 25.4. The van der Waals surface area contributed by atoms with Crippen LogP contribution in [-0.2, 0) is 9.59 Å². The van der Waals surface area contributed by atoms with E-state index in [2.05, 4.69) is 10.6 Å². The molecule has 21 heavy (non-hydrogen) atoms. The molecule has 0 unspecified atom stereocenters. The van der Waals surface area contributed by atoms with Gasteiger partial charge < -0.3 is 10.6 Å². The van der Waals surface area contributed by atoms with Crippen molar-refractivity contribution >= 4 is 28.2 Å². The molecule has 1 aromatic rings. The summed E-state index contributed by atoms with van der Waals surface area (Å²) in [5.41, 5.74) is 0.453. The first kappa shape index (κ1) is 17.1. The topological polar surface area (TPSA) is 85.2 Å². The summed E-state index contributed by atoms with van der Waals surface area (Å²) in [6.45, 7) is 6.56. The number of thiophene rings is 1. The summed E-state index contributed by atoms with van der Waals surface area (Å²) in [5, 5.41) is 16.7. The average Bonchev–Trinajstić information content (AvgIpc) is 2.83. The predicted molar refractivity (Wildman–Crippen MR) is 83.1 cm³/mol. The van der Waals surface area contributed by atoms with Gasteiger partial charge in [0.1, 0.15) is 11.1 Å². The van der Waals surface area contributed by atoms with Crippen LogP contribution < -0.4 is 10.6 Å². The molecule has 6 nitrogen and oxygen atoms in total. The Hall–Kier alpha value is -1.91. The van der Waals surface area contributed by atoms with Crippen molar-refractivity contribution in [3.63, 3.8) is 0 Å². The highest BCUT2D eigenvalue weighted by Crippen LogP contribution is 2.21. The first-order valence-electron chi connectivity index (χ1n) is 6.75. The number of amides is 2. The maximum absolute atomic E-state index is 12.0. The fourth-order valence-corrected chi connectivity index (χ4v) is 2.47. The summed E-state index contributed by atoms with van der Waals surface area (Å²) in [5.74, 6) is -0.332. The number of rotatable bonds is 7. The number of nitrogens with one attached hydrogen (secondary N) is 2. The summed E-state index contributed by atoms with van der Waals surface area (Å²) >= 11 is 1.31. The van der Waals surface area contributed by atoms with Crippen LogP contribution in [0.2, 0.25) is 0 Å². The number of nitriles is 1. The molecule has 0 aliphatic heterocycles. The van der Waals surface area contributed by atoms with Crippen molar-refractivity contribution < 1.29 is 9.59 Å². The second-order valence-electron chi connectivity index (χ2n) is 4.85. The Labute approximate surface area is 128 Å². The van der Waals surface area contributed by atoms with Crippen LogP contribution in [0.15, 0.2) is 11.4 Å². The van der Waals surface area contributed by atoms with Crippen molar-refractivity contribution in [1.29, 1.82) is 5.26 Å². The van der Waals surface area contributed by atoms with Crippen LogP contribution >= 0.6 is 11.3 Å². The van der Waals surface area contributed by atoms with E-state index < -0.39 is 0 Å². The molecule has 1 aromatic heterocycles. The van der Waals surface area contributed by atoms with Gasteiger partial charge in [0.05, 0.1) is 18.7 Å². The Kier molecular flexibility index (Phi) is 6.85. The Morgan fingerprint density at radius 2 is 2.05 bits per heavy atom. The Morgan fingerprint density at radius 3 is 2.62 bits per heavy atom. The van der Waals surface area contributed by atoms with Crippen molar-refractivity contribution in [3.8, 4) is 6.07 Å². The quantitative estimate of drug-likeness (QED) is 0.797. The largest absolute Gasteiger partial charge is 0.353 e. The second kappa shape index (κ2) is 8.39. The van der Waals surface area contributed by atoms with E-state index in [1.165, 1.54) is 11.3 Å². The number of likely N-dealkylation sites (N-methyl/N-ethyl adjacent to an activating group) is 1. The molecule has 0 aliphatic rings. The third kappa shape index (κ3) is 5.94. The van der Waals surface area contributed by atoms with E-state index in [9.17, 15) is 9.59 Å². The lowest BCUT2D eigenvalue weighted by molar-refractivity contribution is -0.123. The van der Waals surface area contributed by atoms with Gasteiger partial charge in [-0.15, -0.1) is 11.3 Å². The summed E-state index contributed by atoms with van der Waals surface area (Å²) in [7, 11) is 0. The molecule has 0 aromatic carbocycles. The first-order chi connectivity index (χ1) is 9.96. The Morgan fingerprint density at radius 1 is 1.38 bits per heavy atom. The molecule has 2 amide bonds. The van der Waals surface area contributed by atoms with E-state index >= 15 is 0 Å². The summed E-state index contributed by atoms with van der Waals surface area (Å²) in [6.07, 6.45) is 0. The lowest BCUT2D eigenvalue weighted by Crippen LogP contribution is -2.42. The minimum absolute atomic E-state index is 0.0781. The smallest absolute Gasteiger partial charge is 0.239 e. The van der Waals surface area contributed by atoms with Crippen LogP contribution in [0.5, 0.6) is 0 Å². The predicted octanol–water partition coefficient (Wildman–Crippen LogP) is 1.40. The van der Waals surface area contributed by atoms with E-state index in [1.807, 2.05) is 26.8 Å². The SMILES string of the molecule is CCN(CC(=O)Nc1sccc1C#N)CC(=O)NC(C)C. The molecule has 1 heterocycles. The van der Waals surface area contributed by atoms with Crippen molar-refractivity contribution in [3.05, 3.63) is 17.0 Å². The maximum atomic E-state index is 12.0. The van der Waals surface area contributed by atoms with Gasteiger partial charge >= 0.3 is 0 Å². The van der Waals surface area contributed by atoms with Gasteiger partial charge in [0.25, 0.3) is 0 Å². The van der Waals surface area contributed by atoms with Crippen molar-refractivity contribution in [2.75, 3.05) is 25.0 Å². The van der Waals surface area contributed by atoms with Crippen LogP contribution in [0.4, 0.5) is 5.00 Å². The minimum atomic E-state index is -0.229. The van der Waals surface area contributed by atoms with E-state index in [0.717, 1.165) is 0 Å². The number of carbonyl (C=O) groups excluding carboxylic acids is 2. The van der Waals surface area contributed by atoms with Crippen LogP contribution in [0.25, 0.3) is 0 Å². The van der Waals surface area contributed by atoms with Crippen LogP contribution in [0.1, 0.15) is 26.3 Å². The molecule has 0 fully saturated rings. The fraction of sp³-hybridized carbons (Fsp3) is 0.500. The number of carbonyl (C=O) groups is 2. The fourth-order valence-electron chi connectivity index (χ4n) is 1.71. The molecule has 0 radical (unpaired) electrons. The Balaban J connectivity index is 2.51. The summed E-state index contributed by atoms with van der Waals surface area (Å²) < 4.78 is 0. The first-order valence-corrected chi connectivity index (χ1v) is 7.63. The van der Waals surface area contributed by atoms with E-state index in [1.54, 1.807) is 16.3 Å². The van der Waals surface area contributed by atoms with Gasteiger partial charge in [0.2, 0.25) is 11.8 Å². The highest BCUT2D eigenvalue weighted by molar-refractivity contribution is 7.14. The molecule has 0 aliphatic carbocycles. The molecule has 0 saturated carbocycles. The standard InChI is InChI=1S/C14H20N4O2S/c1-4-18(8-12(19)16-10(2)3)9-13(20)17-14-11(7-15)5-6-21-14/h5-6,10H,4,8-9H2,1-3H3,(H,16,19)(H,17,20). The lowest BCUT2D eigenvalue weighted by atomic mass is 10.3. The highest BCUT2D eigenvalue weighted by Gasteiger charge is 2.15.